The quantitative estimate of drug-likeness (QED) is 0.212. The molecule has 0 bridgehead atoms. The van der Waals surface area contributed by atoms with E-state index in [1.165, 1.54) is 17.0 Å². The topological polar surface area (TPSA) is 205 Å². The van der Waals surface area contributed by atoms with E-state index in [0.717, 1.165) is 5.56 Å². The molecule has 1 fully saturated rings. The van der Waals surface area contributed by atoms with Gasteiger partial charge in [-0.3, -0.25) is 19.2 Å². The minimum absolute atomic E-state index is 0.0964. The van der Waals surface area contributed by atoms with Crippen molar-refractivity contribution in [2.75, 3.05) is 6.54 Å². The molecule has 12 nitrogen and oxygen atoms in total. The molecule has 0 saturated carbocycles. The number of amides is 4. The van der Waals surface area contributed by atoms with Gasteiger partial charge in [0.15, 0.2) is 0 Å². The van der Waals surface area contributed by atoms with Crippen molar-refractivity contribution in [3.8, 4) is 5.75 Å². The number of likely N-dealkylation sites (tertiary alicyclic amines) is 1. The fourth-order valence-corrected chi connectivity index (χ4v) is 4.10. The van der Waals surface area contributed by atoms with Crippen LogP contribution in [0.2, 0.25) is 0 Å². The molecule has 5 unspecified atom stereocenters. The number of carboxylic acid groups (broad SMARTS) is 1. The van der Waals surface area contributed by atoms with E-state index in [9.17, 15) is 34.2 Å². The van der Waals surface area contributed by atoms with Crippen LogP contribution in [0.1, 0.15) is 45.1 Å². The largest absolute Gasteiger partial charge is 0.508 e. The Morgan fingerprint density at radius 1 is 1.14 bits per heavy atom. The van der Waals surface area contributed by atoms with Crippen molar-refractivity contribution in [3.63, 3.8) is 0 Å². The van der Waals surface area contributed by atoms with Crippen molar-refractivity contribution in [3.05, 3.63) is 29.8 Å². The third kappa shape index (κ3) is 7.67. The molecule has 12 heteroatoms. The predicted molar refractivity (Wildman–Crippen MR) is 129 cm³/mol. The van der Waals surface area contributed by atoms with E-state index in [4.69, 9.17) is 11.5 Å². The summed E-state index contributed by atoms with van der Waals surface area (Å²) in [4.78, 5) is 63.1. The molecule has 0 aliphatic carbocycles. The lowest BCUT2D eigenvalue weighted by molar-refractivity contribution is -0.144. The van der Waals surface area contributed by atoms with Gasteiger partial charge in [0, 0.05) is 6.54 Å². The molecule has 8 N–H and O–H groups in total. The van der Waals surface area contributed by atoms with Gasteiger partial charge in [-0.2, -0.15) is 0 Å². The van der Waals surface area contributed by atoms with Gasteiger partial charge < -0.3 is 37.2 Å². The monoisotopic (exact) mass is 505 g/mol. The Morgan fingerprint density at radius 3 is 2.33 bits per heavy atom. The van der Waals surface area contributed by atoms with E-state index >= 15 is 0 Å². The molecule has 1 aliphatic heterocycles. The second-order valence-corrected chi connectivity index (χ2v) is 9.11. The number of phenolic OH excluding ortho intramolecular Hbond substituents is 1. The number of rotatable bonds is 12. The highest BCUT2D eigenvalue weighted by Crippen LogP contribution is 2.21. The number of carbonyl (C=O) groups excluding carboxylic acids is 4. The number of aliphatic carboxylic acids is 1. The Hall–Kier alpha value is -3.67. The van der Waals surface area contributed by atoms with Crippen LogP contribution in [0.25, 0.3) is 0 Å². The highest BCUT2D eigenvalue weighted by molar-refractivity contribution is 5.95. The first kappa shape index (κ1) is 28.6. The van der Waals surface area contributed by atoms with Crippen molar-refractivity contribution >= 4 is 29.6 Å². The highest BCUT2D eigenvalue weighted by Gasteiger charge is 2.39. The van der Waals surface area contributed by atoms with Crippen LogP contribution in [0.15, 0.2) is 24.3 Å². The summed E-state index contributed by atoms with van der Waals surface area (Å²) in [5, 5.41) is 23.6. The normalized spacial score (nSPS) is 18.5. The molecule has 0 aromatic heterocycles. The number of hydrogen-bond acceptors (Lipinski definition) is 7. The van der Waals surface area contributed by atoms with Gasteiger partial charge in [0.05, 0.1) is 12.5 Å². The third-order valence-electron chi connectivity index (χ3n) is 6.36. The minimum Gasteiger partial charge on any atom is -0.508 e. The van der Waals surface area contributed by atoms with Crippen LogP contribution >= 0.6 is 0 Å². The lowest BCUT2D eigenvalue weighted by Gasteiger charge is -2.30. The van der Waals surface area contributed by atoms with E-state index in [1.807, 2.05) is 6.92 Å². The van der Waals surface area contributed by atoms with E-state index in [-0.39, 0.29) is 18.1 Å². The molecule has 36 heavy (non-hydrogen) atoms. The first-order chi connectivity index (χ1) is 16.9. The van der Waals surface area contributed by atoms with Crippen LogP contribution in [0.5, 0.6) is 5.75 Å². The molecule has 1 aliphatic rings. The van der Waals surface area contributed by atoms with Crippen LogP contribution in [-0.2, 0) is 30.4 Å². The summed E-state index contributed by atoms with van der Waals surface area (Å²) in [6.45, 7) is 3.86. The summed E-state index contributed by atoms with van der Waals surface area (Å²) in [5.74, 6) is -4.29. The molecule has 1 aromatic rings. The van der Waals surface area contributed by atoms with Crippen molar-refractivity contribution in [1.82, 2.24) is 15.5 Å². The lowest BCUT2D eigenvalue weighted by Crippen LogP contribution is -2.58. The number of phenols is 1. The van der Waals surface area contributed by atoms with E-state index in [1.54, 1.807) is 19.1 Å². The zero-order valence-electron chi connectivity index (χ0n) is 20.5. The fraction of sp³-hybridized carbons (Fsp3) is 0.542. The zero-order valence-corrected chi connectivity index (χ0v) is 20.5. The number of nitrogens with one attached hydrogen (secondary N) is 2. The molecule has 4 amide bonds. The average molecular weight is 506 g/mol. The summed E-state index contributed by atoms with van der Waals surface area (Å²) in [7, 11) is 0. The molecule has 1 heterocycles. The molecule has 2 rings (SSSR count). The van der Waals surface area contributed by atoms with Gasteiger partial charge >= 0.3 is 5.97 Å². The minimum atomic E-state index is -1.53. The Bertz CT molecular complexity index is 968. The molecule has 198 valence electrons. The second-order valence-electron chi connectivity index (χ2n) is 9.11. The van der Waals surface area contributed by atoms with Gasteiger partial charge in [0.1, 0.15) is 23.9 Å². The smallest absolute Gasteiger partial charge is 0.326 e. The number of primary amides is 1. The maximum absolute atomic E-state index is 13.2. The SMILES string of the molecule is CCC(C)C(NC(=O)C1CCCN1C(=O)C(N)Cc1ccc(O)cc1)C(=O)NC(CC(N)=O)C(=O)O. The summed E-state index contributed by atoms with van der Waals surface area (Å²) < 4.78 is 0. The average Bonchev–Trinajstić information content (AvgIpc) is 3.32. The first-order valence-corrected chi connectivity index (χ1v) is 11.9. The maximum atomic E-state index is 13.2. The zero-order chi connectivity index (χ0) is 27.0. The highest BCUT2D eigenvalue weighted by atomic mass is 16.4. The van der Waals surface area contributed by atoms with Crippen LogP contribution in [-0.4, -0.2) is 75.4 Å². The Labute approximate surface area is 209 Å². The molecule has 0 radical (unpaired) electrons. The van der Waals surface area contributed by atoms with Crippen molar-refractivity contribution in [2.45, 2.75) is 70.1 Å². The number of hydrogen-bond donors (Lipinski definition) is 6. The van der Waals surface area contributed by atoms with Crippen LogP contribution in [0, 0.1) is 5.92 Å². The van der Waals surface area contributed by atoms with Crippen LogP contribution in [0.3, 0.4) is 0 Å². The van der Waals surface area contributed by atoms with Gasteiger partial charge in [0.2, 0.25) is 23.6 Å². The van der Waals surface area contributed by atoms with Gasteiger partial charge in [0.25, 0.3) is 0 Å². The van der Waals surface area contributed by atoms with Crippen LogP contribution in [0.4, 0.5) is 0 Å². The standard InChI is InChI=1S/C24H35N5O7/c1-3-13(2)20(22(33)27-17(24(35)36)12-19(26)31)28-21(32)18-5-4-10-29(18)23(34)16(25)11-14-6-8-15(30)9-7-14/h6-9,13,16-18,20,30H,3-5,10-12,25H2,1-2H3,(H2,26,31)(H,27,33)(H,28,32)(H,35,36). The summed E-state index contributed by atoms with van der Waals surface area (Å²) in [5.41, 5.74) is 12.0. The number of nitrogens with two attached hydrogens (primary N) is 2. The van der Waals surface area contributed by atoms with Gasteiger partial charge in [-0.25, -0.2) is 4.79 Å². The van der Waals surface area contributed by atoms with Crippen LogP contribution < -0.4 is 22.1 Å². The molecule has 1 saturated heterocycles. The Morgan fingerprint density at radius 2 is 1.78 bits per heavy atom. The number of carbonyl (C=O) groups is 5. The maximum Gasteiger partial charge on any atom is 0.326 e. The molecule has 1 aromatic carbocycles. The van der Waals surface area contributed by atoms with E-state index in [2.05, 4.69) is 10.6 Å². The molecule has 5 atom stereocenters. The van der Waals surface area contributed by atoms with Gasteiger partial charge in [-0.1, -0.05) is 32.4 Å². The number of aromatic hydroxyl groups is 1. The first-order valence-electron chi connectivity index (χ1n) is 11.9. The van der Waals surface area contributed by atoms with E-state index in [0.29, 0.717) is 25.8 Å². The number of benzene rings is 1. The third-order valence-corrected chi connectivity index (χ3v) is 6.36. The molecular formula is C24H35N5O7. The number of nitrogens with zero attached hydrogens (tertiary/aromatic N) is 1. The second kappa shape index (κ2) is 12.9. The predicted octanol–water partition coefficient (Wildman–Crippen LogP) is -0.771. The molecule has 0 spiro atoms. The van der Waals surface area contributed by atoms with E-state index < -0.39 is 60.2 Å². The Balaban J connectivity index is 2.10. The summed E-state index contributed by atoms with van der Waals surface area (Å²) in [6.07, 6.45) is 1.09. The van der Waals surface area contributed by atoms with Gasteiger partial charge in [-0.15, -0.1) is 0 Å². The lowest BCUT2D eigenvalue weighted by atomic mass is 9.97. The summed E-state index contributed by atoms with van der Waals surface area (Å²) >= 11 is 0. The fourth-order valence-electron chi connectivity index (χ4n) is 4.10. The Kier molecular flexibility index (Phi) is 10.2. The van der Waals surface area contributed by atoms with Crippen molar-refractivity contribution < 1.29 is 34.2 Å². The number of carboxylic acids is 1. The van der Waals surface area contributed by atoms with Crippen molar-refractivity contribution in [2.24, 2.45) is 17.4 Å². The van der Waals surface area contributed by atoms with Crippen molar-refractivity contribution in [1.29, 1.82) is 0 Å². The summed E-state index contributed by atoms with van der Waals surface area (Å²) in [6, 6.07) is 1.98. The molecular weight excluding hydrogens is 470 g/mol. The van der Waals surface area contributed by atoms with Gasteiger partial charge in [-0.05, 0) is 42.9 Å².